The van der Waals surface area contributed by atoms with Crippen molar-refractivity contribution in [3.63, 3.8) is 0 Å². The van der Waals surface area contributed by atoms with Crippen LogP contribution in [0.15, 0.2) is 29.6 Å². The number of thiophene rings is 1. The van der Waals surface area contributed by atoms with E-state index in [4.69, 9.17) is 0 Å². The molecule has 27 heavy (non-hydrogen) atoms. The summed E-state index contributed by atoms with van der Waals surface area (Å²) in [6.07, 6.45) is 0. The number of benzene rings is 1. The Balaban J connectivity index is 1.43. The van der Waals surface area contributed by atoms with Gasteiger partial charge in [0.05, 0.1) is 10.4 Å². The molecule has 1 aliphatic rings. The topological polar surface area (TPSA) is 49.3 Å². The van der Waals surface area contributed by atoms with Gasteiger partial charge in [-0.1, -0.05) is 17.4 Å². The van der Waals surface area contributed by atoms with Crippen molar-refractivity contribution in [2.75, 3.05) is 31.1 Å². The van der Waals surface area contributed by atoms with E-state index in [1.165, 1.54) is 16.2 Å². The van der Waals surface area contributed by atoms with E-state index in [1.807, 2.05) is 22.4 Å². The number of hydrogen-bond acceptors (Lipinski definition) is 6. The number of halogens is 3. The van der Waals surface area contributed by atoms with Gasteiger partial charge in [-0.15, -0.1) is 21.5 Å². The fourth-order valence-corrected chi connectivity index (χ4v) is 4.49. The number of rotatable bonds is 3. The number of piperazine rings is 1. The minimum atomic E-state index is -1.63. The lowest BCUT2D eigenvalue weighted by Gasteiger charge is -2.34. The van der Waals surface area contributed by atoms with Gasteiger partial charge in [0, 0.05) is 26.2 Å². The molecule has 1 aromatic carbocycles. The summed E-state index contributed by atoms with van der Waals surface area (Å²) in [7, 11) is 0. The van der Waals surface area contributed by atoms with Gasteiger partial charge in [0.1, 0.15) is 0 Å². The van der Waals surface area contributed by atoms with Crippen LogP contribution >= 0.6 is 22.7 Å². The van der Waals surface area contributed by atoms with Crippen LogP contribution in [0.4, 0.5) is 18.3 Å². The Hall–Kier alpha value is -2.46. The molecule has 0 bridgehead atoms. The molecule has 0 spiro atoms. The summed E-state index contributed by atoms with van der Waals surface area (Å²) in [5.74, 6) is -5.05. The van der Waals surface area contributed by atoms with Crippen molar-refractivity contribution in [3.8, 4) is 9.88 Å². The average Bonchev–Trinajstić information content (AvgIpc) is 3.37. The fraction of sp³-hybridized carbons (Fsp3) is 0.235. The molecule has 0 unspecified atom stereocenters. The first-order chi connectivity index (χ1) is 13.0. The quantitative estimate of drug-likeness (QED) is 0.619. The third-order valence-corrected chi connectivity index (χ3v) is 6.27. The van der Waals surface area contributed by atoms with E-state index in [1.54, 1.807) is 11.3 Å². The zero-order valence-electron chi connectivity index (χ0n) is 13.9. The summed E-state index contributed by atoms with van der Waals surface area (Å²) in [5, 5.41) is 12.0. The standard InChI is InChI=1S/C17H13F3N4OS2/c18-11-4-3-10(13(19)14(11)20)16(25)23-5-7-24(8-6-23)17-22-21-15(27-17)12-2-1-9-26-12/h1-4,9H,5-8H2. The molecule has 140 valence electrons. The Bertz CT molecular complexity index is 969. The molecule has 1 aliphatic heterocycles. The lowest BCUT2D eigenvalue weighted by Crippen LogP contribution is -2.49. The Morgan fingerprint density at radius 1 is 1.00 bits per heavy atom. The molecule has 0 N–H and O–H groups in total. The largest absolute Gasteiger partial charge is 0.343 e. The highest BCUT2D eigenvalue weighted by Gasteiger charge is 2.27. The molecule has 10 heteroatoms. The summed E-state index contributed by atoms with van der Waals surface area (Å²) >= 11 is 3.05. The first-order valence-corrected chi connectivity index (χ1v) is 9.79. The van der Waals surface area contributed by atoms with Crippen molar-refractivity contribution in [2.24, 2.45) is 0 Å². The zero-order chi connectivity index (χ0) is 19.0. The van der Waals surface area contributed by atoms with Crippen molar-refractivity contribution in [1.82, 2.24) is 15.1 Å². The number of aromatic nitrogens is 2. The SMILES string of the molecule is O=C(c1ccc(F)c(F)c1F)N1CCN(c2nnc(-c3cccs3)s2)CC1. The summed E-state index contributed by atoms with van der Waals surface area (Å²) in [6.45, 7) is 1.64. The fourth-order valence-electron chi connectivity index (χ4n) is 2.81. The van der Waals surface area contributed by atoms with Crippen LogP contribution in [-0.2, 0) is 0 Å². The summed E-state index contributed by atoms with van der Waals surface area (Å²) < 4.78 is 40.3. The van der Waals surface area contributed by atoms with Crippen molar-refractivity contribution >= 4 is 33.7 Å². The highest BCUT2D eigenvalue weighted by Crippen LogP contribution is 2.32. The van der Waals surface area contributed by atoms with Gasteiger partial charge in [-0.2, -0.15) is 0 Å². The summed E-state index contributed by atoms with van der Waals surface area (Å²) in [5.41, 5.74) is -0.460. The van der Waals surface area contributed by atoms with E-state index < -0.39 is 28.9 Å². The van der Waals surface area contributed by atoms with E-state index in [0.717, 1.165) is 27.1 Å². The number of nitrogens with zero attached hydrogens (tertiary/aromatic N) is 4. The number of amides is 1. The number of carbonyl (C=O) groups excluding carboxylic acids is 1. The third-order valence-electron chi connectivity index (χ3n) is 4.25. The molecule has 0 saturated carbocycles. The van der Waals surface area contributed by atoms with Crippen LogP contribution < -0.4 is 4.90 Å². The Morgan fingerprint density at radius 3 is 2.48 bits per heavy atom. The molecule has 0 aliphatic carbocycles. The van der Waals surface area contributed by atoms with Gasteiger partial charge in [-0.3, -0.25) is 4.79 Å². The van der Waals surface area contributed by atoms with Crippen LogP contribution in [0.5, 0.6) is 0 Å². The molecule has 1 fully saturated rings. The molecule has 0 atom stereocenters. The Morgan fingerprint density at radius 2 is 1.78 bits per heavy atom. The molecule has 3 aromatic rings. The van der Waals surface area contributed by atoms with Gasteiger partial charge >= 0.3 is 0 Å². The molecule has 4 rings (SSSR count). The monoisotopic (exact) mass is 410 g/mol. The van der Waals surface area contributed by atoms with Crippen molar-refractivity contribution in [3.05, 3.63) is 52.7 Å². The summed E-state index contributed by atoms with van der Waals surface area (Å²) in [4.78, 5) is 16.9. The minimum Gasteiger partial charge on any atom is -0.343 e. The van der Waals surface area contributed by atoms with Crippen LogP contribution in [0.1, 0.15) is 10.4 Å². The molecular formula is C17H13F3N4OS2. The average molecular weight is 410 g/mol. The Labute approximate surface area is 160 Å². The first-order valence-electron chi connectivity index (χ1n) is 8.09. The molecule has 0 radical (unpaired) electrons. The molecule has 2 aromatic heterocycles. The van der Waals surface area contributed by atoms with Gasteiger partial charge in [-0.25, -0.2) is 13.2 Å². The van der Waals surface area contributed by atoms with E-state index in [-0.39, 0.29) is 0 Å². The second-order valence-corrected chi connectivity index (χ2v) is 7.77. The normalized spacial score (nSPS) is 14.6. The van der Waals surface area contributed by atoms with Crippen LogP contribution in [0.25, 0.3) is 9.88 Å². The highest BCUT2D eigenvalue weighted by molar-refractivity contribution is 7.22. The van der Waals surface area contributed by atoms with Gasteiger partial charge in [0.15, 0.2) is 22.5 Å². The lowest BCUT2D eigenvalue weighted by atomic mass is 10.1. The smallest absolute Gasteiger partial charge is 0.257 e. The van der Waals surface area contributed by atoms with Gasteiger partial charge in [-0.05, 0) is 23.6 Å². The van der Waals surface area contributed by atoms with Gasteiger partial charge < -0.3 is 9.80 Å². The Kier molecular flexibility index (Phi) is 4.83. The van der Waals surface area contributed by atoms with Crippen molar-refractivity contribution in [2.45, 2.75) is 0 Å². The van der Waals surface area contributed by atoms with E-state index in [2.05, 4.69) is 10.2 Å². The van der Waals surface area contributed by atoms with Crippen LogP contribution in [-0.4, -0.2) is 47.2 Å². The first kappa shape index (κ1) is 17.9. The summed E-state index contributed by atoms with van der Waals surface area (Å²) in [6, 6.07) is 5.65. The third kappa shape index (κ3) is 3.42. The van der Waals surface area contributed by atoms with E-state index in [9.17, 15) is 18.0 Å². The predicted molar refractivity (Wildman–Crippen MR) is 97.7 cm³/mol. The van der Waals surface area contributed by atoms with Crippen LogP contribution in [0.3, 0.4) is 0 Å². The van der Waals surface area contributed by atoms with Crippen molar-refractivity contribution < 1.29 is 18.0 Å². The van der Waals surface area contributed by atoms with Crippen LogP contribution in [0, 0.1) is 17.5 Å². The van der Waals surface area contributed by atoms with Crippen LogP contribution in [0.2, 0.25) is 0 Å². The maximum absolute atomic E-state index is 13.9. The number of hydrogen-bond donors (Lipinski definition) is 0. The molecule has 3 heterocycles. The maximum atomic E-state index is 13.9. The number of carbonyl (C=O) groups is 1. The van der Waals surface area contributed by atoms with Gasteiger partial charge in [0.2, 0.25) is 5.13 Å². The molecular weight excluding hydrogens is 397 g/mol. The molecule has 1 amide bonds. The second-order valence-electron chi connectivity index (χ2n) is 5.87. The molecule has 5 nitrogen and oxygen atoms in total. The zero-order valence-corrected chi connectivity index (χ0v) is 15.5. The highest BCUT2D eigenvalue weighted by atomic mass is 32.1. The number of anilines is 1. The second kappa shape index (κ2) is 7.28. The molecule has 1 saturated heterocycles. The van der Waals surface area contributed by atoms with Gasteiger partial charge in [0.25, 0.3) is 5.91 Å². The van der Waals surface area contributed by atoms with E-state index in [0.29, 0.717) is 26.2 Å². The minimum absolute atomic E-state index is 0.325. The lowest BCUT2D eigenvalue weighted by molar-refractivity contribution is 0.0740. The predicted octanol–water partition coefficient (Wildman–Crippen LogP) is 3.65. The van der Waals surface area contributed by atoms with E-state index >= 15 is 0 Å². The maximum Gasteiger partial charge on any atom is 0.257 e. The van der Waals surface area contributed by atoms with Crippen molar-refractivity contribution in [1.29, 1.82) is 0 Å².